The predicted molar refractivity (Wildman–Crippen MR) is 79.7 cm³/mol. The maximum Gasteiger partial charge on any atom is 0.253 e. The molecule has 0 saturated carbocycles. The number of nitrogens with one attached hydrogen (secondary N) is 2. The van der Waals surface area contributed by atoms with Gasteiger partial charge in [0.05, 0.1) is 11.3 Å². The van der Waals surface area contributed by atoms with Gasteiger partial charge in [-0.25, -0.2) is 0 Å². The van der Waals surface area contributed by atoms with Crippen molar-refractivity contribution in [2.24, 2.45) is 0 Å². The van der Waals surface area contributed by atoms with E-state index in [1.807, 2.05) is 12.1 Å². The van der Waals surface area contributed by atoms with Crippen LogP contribution in [0.3, 0.4) is 0 Å². The van der Waals surface area contributed by atoms with Gasteiger partial charge in [-0.15, -0.1) is 0 Å². The molecule has 1 heterocycles. The molecular formula is C16H24N2O. The van der Waals surface area contributed by atoms with E-state index in [1.165, 1.54) is 5.56 Å². The molecule has 0 bridgehead atoms. The molecule has 1 aromatic carbocycles. The average molecular weight is 260 g/mol. The minimum Gasteiger partial charge on any atom is -0.384 e. The SMILES string of the molecule is CCC(C)(CC)NC(=O)c1cccc2c1NCCC2. The van der Waals surface area contributed by atoms with Crippen molar-refractivity contribution in [3.05, 3.63) is 29.3 Å². The zero-order valence-electron chi connectivity index (χ0n) is 12.2. The van der Waals surface area contributed by atoms with E-state index in [0.29, 0.717) is 0 Å². The number of hydrogen-bond donors (Lipinski definition) is 2. The Hall–Kier alpha value is -1.51. The number of anilines is 1. The number of para-hydroxylation sites is 1. The van der Waals surface area contributed by atoms with Gasteiger partial charge in [0, 0.05) is 12.1 Å². The van der Waals surface area contributed by atoms with Crippen LogP contribution in [0.15, 0.2) is 18.2 Å². The first kappa shape index (κ1) is 13.9. The molecule has 1 aliphatic heterocycles. The van der Waals surface area contributed by atoms with E-state index in [9.17, 15) is 4.79 Å². The van der Waals surface area contributed by atoms with Crippen molar-refractivity contribution in [3.63, 3.8) is 0 Å². The minimum atomic E-state index is -0.117. The maximum absolute atomic E-state index is 12.5. The van der Waals surface area contributed by atoms with Crippen LogP contribution in [0.5, 0.6) is 0 Å². The third-order valence-electron chi connectivity index (χ3n) is 4.30. The molecule has 1 aliphatic rings. The Labute approximate surface area is 115 Å². The van der Waals surface area contributed by atoms with Crippen LogP contribution in [0.25, 0.3) is 0 Å². The van der Waals surface area contributed by atoms with Gasteiger partial charge in [-0.3, -0.25) is 4.79 Å². The molecule has 0 fully saturated rings. The van der Waals surface area contributed by atoms with Gasteiger partial charge in [-0.05, 0) is 44.2 Å². The highest BCUT2D eigenvalue weighted by molar-refractivity contribution is 6.00. The van der Waals surface area contributed by atoms with Crippen LogP contribution in [0.4, 0.5) is 5.69 Å². The van der Waals surface area contributed by atoms with Gasteiger partial charge in [0.2, 0.25) is 0 Å². The second-order valence-electron chi connectivity index (χ2n) is 5.59. The summed E-state index contributed by atoms with van der Waals surface area (Å²) in [6.45, 7) is 7.29. The highest BCUT2D eigenvalue weighted by atomic mass is 16.1. The fourth-order valence-corrected chi connectivity index (χ4v) is 2.47. The van der Waals surface area contributed by atoms with Crippen molar-refractivity contribution >= 4 is 11.6 Å². The van der Waals surface area contributed by atoms with Crippen LogP contribution in [-0.2, 0) is 6.42 Å². The van der Waals surface area contributed by atoms with Gasteiger partial charge in [0.25, 0.3) is 5.91 Å². The third-order valence-corrected chi connectivity index (χ3v) is 4.30. The Balaban J connectivity index is 2.25. The average Bonchev–Trinajstić information content (AvgIpc) is 2.46. The quantitative estimate of drug-likeness (QED) is 0.871. The van der Waals surface area contributed by atoms with Crippen molar-refractivity contribution < 1.29 is 4.79 Å². The molecule has 1 aromatic rings. The number of rotatable bonds is 4. The highest BCUT2D eigenvalue weighted by Crippen LogP contribution is 2.26. The molecule has 0 spiro atoms. The molecule has 0 aliphatic carbocycles. The Morgan fingerprint density at radius 3 is 2.79 bits per heavy atom. The highest BCUT2D eigenvalue weighted by Gasteiger charge is 2.25. The number of amides is 1. The zero-order valence-corrected chi connectivity index (χ0v) is 12.2. The molecule has 1 amide bonds. The van der Waals surface area contributed by atoms with Gasteiger partial charge < -0.3 is 10.6 Å². The molecular weight excluding hydrogens is 236 g/mol. The fourth-order valence-electron chi connectivity index (χ4n) is 2.47. The van der Waals surface area contributed by atoms with Crippen LogP contribution in [0.2, 0.25) is 0 Å². The Morgan fingerprint density at radius 1 is 1.37 bits per heavy atom. The summed E-state index contributed by atoms with van der Waals surface area (Å²) in [7, 11) is 0. The van der Waals surface area contributed by atoms with Crippen LogP contribution >= 0.6 is 0 Å². The van der Waals surface area contributed by atoms with Gasteiger partial charge in [0.1, 0.15) is 0 Å². The summed E-state index contributed by atoms with van der Waals surface area (Å²) in [5, 5.41) is 6.55. The molecule has 0 atom stereocenters. The van der Waals surface area contributed by atoms with Crippen molar-refractivity contribution in [1.82, 2.24) is 5.32 Å². The van der Waals surface area contributed by atoms with E-state index < -0.39 is 0 Å². The largest absolute Gasteiger partial charge is 0.384 e. The third kappa shape index (κ3) is 2.91. The number of fused-ring (bicyclic) bond motifs is 1. The lowest BCUT2D eigenvalue weighted by Crippen LogP contribution is -2.45. The Bertz CT molecular complexity index is 464. The number of carbonyl (C=O) groups is 1. The summed E-state index contributed by atoms with van der Waals surface area (Å²) < 4.78 is 0. The van der Waals surface area contributed by atoms with Gasteiger partial charge in [-0.2, -0.15) is 0 Å². The molecule has 2 rings (SSSR count). The molecule has 0 radical (unpaired) electrons. The normalized spacial score (nSPS) is 14.5. The van der Waals surface area contributed by atoms with Gasteiger partial charge in [-0.1, -0.05) is 26.0 Å². The first-order valence-electron chi connectivity index (χ1n) is 7.28. The monoisotopic (exact) mass is 260 g/mol. The fraction of sp³-hybridized carbons (Fsp3) is 0.562. The number of carbonyl (C=O) groups excluding carboxylic acids is 1. The van der Waals surface area contributed by atoms with E-state index in [2.05, 4.69) is 37.5 Å². The first-order valence-corrected chi connectivity index (χ1v) is 7.28. The van der Waals surface area contributed by atoms with E-state index in [0.717, 1.165) is 43.5 Å². The van der Waals surface area contributed by atoms with Crippen molar-refractivity contribution in [1.29, 1.82) is 0 Å². The maximum atomic E-state index is 12.5. The summed E-state index contributed by atoms with van der Waals surface area (Å²) >= 11 is 0. The summed E-state index contributed by atoms with van der Waals surface area (Å²) in [5.41, 5.74) is 2.95. The van der Waals surface area contributed by atoms with Crippen molar-refractivity contribution in [2.45, 2.75) is 52.0 Å². The first-order chi connectivity index (χ1) is 9.09. The van der Waals surface area contributed by atoms with Crippen LogP contribution in [0.1, 0.15) is 56.0 Å². The number of benzene rings is 1. The molecule has 104 valence electrons. The lowest BCUT2D eigenvalue weighted by molar-refractivity contribution is 0.0901. The Kier molecular flexibility index (Phi) is 4.13. The van der Waals surface area contributed by atoms with Gasteiger partial charge >= 0.3 is 0 Å². The summed E-state index contributed by atoms with van der Waals surface area (Å²) in [5.74, 6) is 0.0393. The smallest absolute Gasteiger partial charge is 0.253 e. The summed E-state index contributed by atoms with van der Waals surface area (Å²) in [4.78, 5) is 12.5. The van der Waals surface area contributed by atoms with Crippen LogP contribution in [0, 0.1) is 0 Å². The van der Waals surface area contributed by atoms with Crippen molar-refractivity contribution in [2.75, 3.05) is 11.9 Å². The second-order valence-corrected chi connectivity index (χ2v) is 5.59. The molecule has 0 saturated heterocycles. The second kappa shape index (κ2) is 5.64. The van der Waals surface area contributed by atoms with E-state index in [-0.39, 0.29) is 11.4 Å². The predicted octanol–water partition coefficient (Wildman–Crippen LogP) is 3.35. The summed E-state index contributed by atoms with van der Waals surface area (Å²) in [6.07, 6.45) is 4.08. The zero-order chi connectivity index (χ0) is 13.9. The van der Waals surface area contributed by atoms with Crippen LogP contribution in [-0.4, -0.2) is 18.0 Å². The van der Waals surface area contributed by atoms with Gasteiger partial charge in [0.15, 0.2) is 0 Å². The number of hydrogen-bond acceptors (Lipinski definition) is 2. The lowest BCUT2D eigenvalue weighted by atomic mass is 9.94. The summed E-state index contributed by atoms with van der Waals surface area (Å²) in [6, 6.07) is 6.01. The standard InChI is InChI=1S/C16H24N2O/c1-4-16(3,5-2)18-15(19)13-10-6-8-12-9-7-11-17-14(12)13/h6,8,10,17H,4-5,7,9,11H2,1-3H3,(H,18,19). The van der Waals surface area contributed by atoms with Crippen LogP contribution < -0.4 is 10.6 Å². The van der Waals surface area contributed by atoms with E-state index in [4.69, 9.17) is 0 Å². The molecule has 3 heteroatoms. The lowest BCUT2D eigenvalue weighted by Gasteiger charge is -2.29. The molecule has 2 N–H and O–H groups in total. The number of aryl methyl sites for hydroxylation is 1. The van der Waals surface area contributed by atoms with Crippen molar-refractivity contribution in [3.8, 4) is 0 Å². The molecule has 0 unspecified atom stereocenters. The topological polar surface area (TPSA) is 41.1 Å². The molecule has 3 nitrogen and oxygen atoms in total. The molecule has 0 aromatic heterocycles. The van der Waals surface area contributed by atoms with E-state index in [1.54, 1.807) is 0 Å². The Morgan fingerprint density at radius 2 is 2.11 bits per heavy atom. The minimum absolute atomic E-state index is 0.0393. The molecule has 19 heavy (non-hydrogen) atoms. The van der Waals surface area contributed by atoms with E-state index >= 15 is 0 Å².